The van der Waals surface area contributed by atoms with Crippen LogP contribution in [-0.2, 0) is 27.7 Å². The summed E-state index contributed by atoms with van der Waals surface area (Å²) in [5.74, 6) is 0.280. The molecule has 10 heteroatoms. The molecule has 0 aliphatic carbocycles. The number of aryl methyl sites for hydroxylation is 1. The van der Waals surface area contributed by atoms with E-state index in [2.05, 4.69) is 4.99 Å². The van der Waals surface area contributed by atoms with Gasteiger partial charge in [0, 0.05) is 25.3 Å². The summed E-state index contributed by atoms with van der Waals surface area (Å²) in [6, 6.07) is 19.4. The second-order valence-electron chi connectivity index (χ2n) is 9.02. The second kappa shape index (κ2) is 11.7. The third-order valence-corrected chi connectivity index (χ3v) is 9.45. The van der Waals surface area contributed by atoms with Crippen molar-refractivity contribution in [1.82, 2.24) is 4.57 Å². The Bertz CT molecular complexity index is 1660. The van der Waals surface area contributed by atoms with Crippen LogP contribution in [0.4, 0.5) is 5.69 Å². The molecule has 4 aromatic rings. The van der Waals surface area contributed by atoms with E-state index >= 15 is 0 Å². The van der Waals surface area contributed by atoms with Gasteiger partial charge in [-0.3, -0.25) is 9.10 Å². The SMILES string of the molecule is CCOCCn1c(=NC(=O)c2ccc(S(=O)(=O)N3CCCc4ccccc43)cc2)sc2cccc(OCC)c21. The van der Waals surface area contributed by atoms with E-state index in [0.29, 0.717) is 49.0 Å². The van der Waals surface area contributed by atoms with E-state index in [-0.39, 0.29) is 4.90 Å². The minimum absolute atomic E-state index is 0.144. The van der Waals surface area contributed by atoms with Crippen LogP contribution >= 0.6 is 11.3 Å². The summed E-state index contributed by atoms with van der Waals surface area (Å²) in [5.41, 5.74) is 2.92. The molecule has 0 bridgehead atoms. The minimum atomic E-state index is -3.76. The topological polar surface area (TPSA) is 90.2 Å². The van der Waals surface area contributed by atoms with Crippen molar-refractivity contribution in [2.24, 2.45) is 4.99 Å². The number of thiazole rings is 1. The van der Waals surface area contributed by atoms with Crippen LogP contribution in [0, 0.1) is 0 Å². The number of hydrogen-bond acceptors (Lipinski definition) is 6. The average molecular weight is 566 g/mol. The molecule has 0 N–H and O–H groups in total. The fourth-order valence-electron chi connectivity index (χ4n) is 4.76. The predicted molar refractivity (Wildman–Crippen MR) is 153 cm³/mol. The average Bonchev–Trinajstić information content (AvgIpc) is 3.30. The molecule has 0 saturated carbocycles. The minimum Gasteiger partial charge on any atom is -0.492 e. The van der Waals surface area contributed by atoms with Gasteiger partial charge in [-0.15, -0.1) is 0 Å². The lowest BCUT2D eigenvalue weighted by Crippen LogP contribution is -2.35. The molecule has 5 rings (SSSR count). The fraction of sp³-hybridized carbons (Fsp3) is 0.310. The number of amides is 1. The van der Waals surface area contributed by atoms with E-state index in [9.17, 15) is 13.2 Å². The highest BCUT2D eigenvalue weighted by molar-refractivity contribution is 7.92. The van der Waals surface area contributed by atoms with Crippen LogP contribution in [0.5, 0.6) is 5.75 Å². The molecule has 1 aromatic heterocycles. The summed E-state index contributed by atoms with van der Waals surface area (Å²) in [5, 5.41) is 0. The van der Waals surface area contributed by atoms with E-state index in [1.807, 2.05) is 60.9 Å². The van der Waals surface area contributed by atoms with Crippen LogP contribution in [0.2, 0.25) is 0 Å². The van der Waals surface area contributed by atoms with Gasteiger partial charge in [-0.1, -0.05) is 35.6 Å². The third-order valence-electron chi connectivity index (χ3n) is 6.58. The Labute approximate surface area is 232 Å². The molecule has 0 radical (unpaired) electrons. The molecular formula is C29H31N3O5S2. The van der Waals surface area contributed by atoms with Crippen LogP contribution in [-0.4, -0.2) is 45.3 Å². The molecule has 3 aromatic carbocycles. The summed E-state index contributed by atoms with van der Waals surface area (Å²) >= 11 is 1.40. The number of aromatic nitrogens is 1. The Balaban J connectivity index is 1.47. The molecule has 0 atom stereocenters. The van der Waals surface area contributed by atoms with Gasteiger partial charge in [0.15, 0.2) is 4.80 Å². The number of benzene rings is 3. The number of rotatable bonds is 9. The molecule has 2 heterocycles. The number of anilines is 1. The van der Waals surface area contributed by atoms with Gasteiger partial charge in [0.05, 0.1) is 28.5 Å². The number of carbonyl (C=O) groups is 1. The molecular weight excluding hydrogens is 534 g/mol. The highest BCUT2D eigenvalue weighted by Gasteiger charge is 2.29. The molecule has 0 saturated heterocycles. The number of para-hydroxylation sites is 2. The van der Waals surface area contributed by atoms with Crippen molar-refractivity contribution < 1.29 is 22.7 Å². The molecule has 1 amide bonds. The van der Waals surface area contributed by atoms with Crippen molar-refractivity contribution in [3.8, 4) is 5.75 Å². The second-order valence-corrected chi connectivity index (χ2v) is 11.9. The first-order valence-electron chi connectivity index (χ1n) is 13.1. The van der Waals surface area contributed by atoms with Gasteiger partial charge in [-0.2, -0.15) is 4.99 Å². The Morgan fingerprint density at radius 2 is 1.79 bits per heavy atom. The number of nitrogens with zero attached hydrogens (tertiary/aromatic N) is 3. The summed E-state index contributed by atoms with van der Waals surface area (Å²) in [4.78, 5) is 18.3. The van der Waals surface area contributed by atoms with Crippen molar-refractivity contribution in [2.75, 3.05) is 30.7 Å². The zero-order chi connectivity index (χ0) is 27.4. The summed E-state index contributed by atoms with van der Waals surface area (Å²) < 4.78 is 42.7. The summed E-state index contributed by atoms with van der Waals surface area (Å²) in [7, 11) is -3.76. The third kappa shape index (κ3) is 5.50. The maximum atomic E-state index is 13.5. The summed E-state index contributed by atoms with van der Waals surface area (Å²) in [6.45, 7) is 6.37. The van der Waals surface area contributed by atoms with E-state index in [4.69, 9.17) is 9.47 Å². The predicted octanol–water partition coefficient (Wildman–Crippen LogP) is 5.02. The summed E-state index contributed by atoms with van der Waals surface area (Å²) in [6.07, 6.45) is 1.61. The van der Waals surface area contributed by atoms with Gasteiger partial charge in [0.1, 0.15) is 11.3 Å². The van der Waals surface area contributed by atoms with Crippen molar-refractivity contribution in [3.05, 3.63) is 82.7 Å². The first kappa shape index (κ1) is 27.1. The first-order valence-corrected chi connectivity index (χ1v) is 15.3. The normalized spacial score (nSPS) is 14.0. The van der Waals surface area contributed by atoms with Crippen molar-refractivity contribution >= 4 is 43.2 Å². The molecule has 0 spiro atoms. The van der Waals surface area contributed by atoms with Crippen LogP contribution < -0.4 is 13.8 Å². The molecule has 0 unspecified atom stereocenters. The van der Waals surface area contributed by atoms with Gasteiger partial charge in [0.25, 0.3) is 15.9 Å². The first-order chi connectivity index (χ1) is 18.9. The van der Waals surface area contributed by atoms with Crippen molar-refractivity contribution in [2.45, 2.75) is 38.1 Å². The van der Waals surface area contributed by atoms with Gasteiger partial charge in [-0.25, -0.2) is 8.42 Å². The van der Waals surface area contributed by atoms with E-state index in [1.54, 1.807) is 0 Å². The van der Waals surface area contributed by atoms with Crippen LogP contribution in [0.15, 0.2) is 76.6 Å². The molecule has 8 nitrogen and oxygen atoms in total. The number of fused-ring (bicyclic) bond motifs is 2. The van der Waals surface area contributed by atoms with E-state index in [0.717, 1.165) is 34.4 Å². The maximum absolute atomic E-state index is 13.5. The van der Waals surface area contributed by atoms with E-state index in [1.165, 1.54) is 39.9 Å². The highest BCUT2D eigenvalue weighted by Crippen LogP contribution is 2.32. The Morgan fingerprint density at radius 1 is 1.00 bits per heavy atom. The lowest BCUT2D eigenvalue weighted by atomic mass is 10.0. The smallest absolute Gasteiger partial charge is 0.279 e. The zero-order valence-electron chi connectivity index (χ0n) is 22.0. The Morgan fingerprint density at radius 3 is 2.56 bits per heavy atom. The quantitative estimate of drug-likeness (QED) is 0.266. The Hall–Kier alpha value is -3.47. The van der Waals surface area contributed by atoms with Crippen molar-refractivity contribution in [1.29, 1.82) is 0 Å². The molecule has 39 heavy (non-hydrogen) atoms. The van der Waals surface area contributed by atoms with Gasteiger partial charge in [-0.05, 0) is 74.7 Å². The lowest BCUT2D eigenvalue weighted by molar-refractivity contribution is 0.0996. The molecule has 1 aliphatic heterocycles. The number of ether oxygens (including phenoxy) is 2. The number of sulfonamides is 1. The molecule has 1 aliphatic rings. The zero-order valence-corrected chi connectivity index (χ0v) is 23.6. The van der Waals surface area contributed by atoms with E-state index < -0.39 is 15.9 Å². The van der Waals surface area contributed by atoms with Crippen LogP contribution in [0.1, 0.15) is 36.2 Å². The molecule has 204 valence electrons. The lowest BCUT2D eigenvalue weighted by Gasteiger charge is -2.30. The van der Waals surface area contributed by atoms with Gasteiger partial charge < -0.3 is 14.0 Å². The molecule has 0 fully saturated rings. The number of carbonyl (C=O) groups excluding carboxylic acids is 1. The fourth-order valence-corrected chi connectivity index (χ4v) is 7.37. The van der Waals surface area contributed by atoms with Gasteiger partial charge in [0.2, 0.25) is 0 Å². The standard InChI is InChI=1S/C29H31N3O5S2/c1-3-36-20-19-31-27-25(37-4-2)12-7-13-26(27)38-29(31)30-28(33)22-14-16-23(17-15-22)39(34,35)32-18-8-10-21-9-5-6-11-24(21)32/h5-7,9,11-17H,3-4,8,10,18-20H2,1-2H3. The number of hydrogen-bond donors (Lipinski definition) is 0. The monoisotopic (exact) mass is 565 g/mol. The van der Waals surface area contributed by atoms with Crippen LogP contribution in [0.3, 0.4) is 0 Å². The maximum Gasteiger partial charge on any atom is 0.279 e. The Kier molecular flexibility index (Phi) is 8.15. The van der Waals surface area contributed by atoms with Crippen molar-refractivity contribution in [3.63, 3.8) is 0 Å². The van der Waals surface area contributed by atoms with Crippen LogP contribution in [0.25, 0.3) is 10.2 Å². The highest BCUT2D eigenvalue weighted by atomic mass is 32.2. The van der Waals surface area contributed by atoms with Gasteiger partial charge >= 0.3 is 0 Å². The largest absolute Gasteiger partial charge is 0.492 e.